The zero-order valence-corrected chi connectivity index (χ0v) is 11.1. The fourth-order valence-electron chi connectivity index (χ4n) is 2.36. The van der Waals surface area contributed by atoms with Gasteiger partial charge in [0.05, 0.1) is 0 Å². The molecule has 1 atom stereocenters. The molecule has 0 amide bonds. The summed E-state index contributed by atoms with van der Waals surface area (Å²) in [5.41, 5.74) is 1.46. The molecule has 2 rings (SSSR count). The molecule has 0 aliphatic carbocycles. The lowest BCUT2D eigenvalue weighted by Crippen LogP contribution is -2.29. The predicted octanol–water partition coefficient (Wildman–Crippen LogP) is 2.10. The van der Waals surface area contributed by atoms with Gasteiger partial charge in [0.15, 0.2) is 0 Å². The summed E-state index contributed by atoms with van der Waals surface area (Å²) >= 11 is 0. The van der Waals surface area contributed by atoms with Crippen molar-refractivity contribution in [2.75, 3.05) is 25.0 Å². The van der Waals surface area contributed by atoms with E-state index in [1.54, 1.807) is 12.3 Å². The standard InChI is InChI=1S/C14H20N4/c1-11(2)18-6-4-12(10-18)9-17-13-3-5-16-14(7-13)8-15/h3,5,7,11-12H,4,6,9-10H2,1-2H3,(H,16,17). The predicted molar refractivity (Wildman–Crippen MR) is 72.3 cm³/mol. The van der Waals surface area contributed by atoms with Gasteiger partial charge >= 0.3 is 0 Å². The van der Waals surface area contributed by atoms with Crippen molar-refractivity contribution in [3.63, 3.8) is 0 Å². The molecule has 96 valence electrons. The van der Waals surface area contributed by atoms with E-state index in [2.05, 4.69) is 35.1 Å². The van der Waals surface area contributed by atoms with Gasteiger partial charge in [-0.3, -0.25) is 0 Å². The summed E-state index contributed by atoms with van der Waals surface area (Å²) in [4.78, 5) is 6.48. The lowest BCUT2D eigenvalue weighted by molar-refractivity contribution is 0.266. The molecule has 0 bridgehead atoms. The molecule has 1 fully saturated rings. The Morgan fingerprint density at radius 2 is 2.44 bits per heavy atom. The second-order valence-corrected chi connectivity index (χ2v) is 5.17. The second kappa shape index (κ2) is 5.83. The summed E-state index contributed by atoms with van der Waals surface area (Å²) in [7, 11) is 0. The topological polar surface area (TPSA) is 52.0 Å². The maximum Gasteiger partial charge on any atom is 0.142 e. The summed E-state index contributed by atoms with van der Waals surface area (Å²) < 4.78 is 0. The number of pyridine rings is 1. The number of likely N-dealkylation sites (tertiary alicyclic amines) is 1. The van der Waals surface area contributed by atoms with Crippen LogP contribution in [0.2, 0.25) is 0 Å². The molecular weight excluding hydrogens is 224 g/mol. The van der Waals surface area contributed by atoms with E-state index in [1.165, 1.54) is 19.5 Å². The number of aromatic nitrogens is 1. The Hall–Kier alpha value is -1.60. The van der Waals surface area contributed by atoms with Crippen molar-refractivity contribution in [2.24, 2.45) is 5.92 Å². The normalized spacial score (nSPS) is 20.0. The Balaban J connectivity index is 1.83. The minimum absolute atomic E-state index is 0.468. The summed E-state index contributed by atoms with van der Waals surface area (Å²) in [6, 6.07) is 6.41. The average molecular weight is 244 g/mol. The minimum atomic E-state index is 0.468. The molecule has 1 aliphatic heterocycles. The molecule has 0 saturated carbocycles. The molecule has 1 saturated heterocycles. The first kappa shape index (κ1) is 12.8. The van der Waals surface area contributed by atoms with Crippen molar-refractivity contribution in [3.8, 4) is 6.07 Å². The van der Waals surface area contributed by atoms with E-state index in [4.69, 9.17) is 5.26 Å². The molecule has 4 nitrogen and oxygen atoms in total. The molecule has 1 aromatic rings. The number of hydrogen-bond acceptors (Lipinski definition) is 4. The van der Waals surface area contributed by atoms with Gasteiger partial charge in [0.1, 0.15) is 11.8 Å². The van der Waals surface area contributed by atoms with E-state index >= 15 is 0 Å². The molecule has 0 aromatic carbocycles. The number of rotatable bonds is 4. The fourth-order valence-corrected chi connectivity index (χ4v) is 2.36. The molecule has 1 unspecified atom stereocenters. The Morgan fingerprint density at radius 1 is 1.61 bits per heavy atom. The van der Waals surface area contributed by atoms with E-state index in [0.29, 0.717) is 17.7 Å². The fraction of sp³-hybridized carbons (Fsp3) is 0.571. The molecule has 4 heteroatoms. The molecule has 0 spiro atoms. The Kier molecular flexibility index (Phi) is 4.16. The van der Waals surface area contributed by atoms with Gasteiger partial charge in [-0.1, -0.05) is 0 Å². The summed E-state index contributed by atoms with van der Waals surface area (Å²) in [5.74, 6) is 0.700. The first-order chi connectivity index (χ1) is 8.69. The monoisotopic (exact) mass is 244 g/mol. The maximum atomic E-state index is 8.79. The minimum Gasteiger partial charge on any atom is -0.385 e. The Morgan fingerprint density at radius 3 is 3.11 bits per heavy atom. The van der Waals surface area contributed by atoms with Crippen LogP contribution in [0.25, 0.3) is 0 Å². The van der Waals surface area contributed by atoms with Crippen LogP contribution in [-0.4, -0.2) is 35.6 Å². The van der Waals surface area contributed by atoms with Gasteiger partial charge in [0.2, 0.25) is 0 Å². The zero-order valence-electron chi connectivity index (χ0n) is 11.1. The van der Waals surface area contributed by atoms with Crippen LogP contribution in [0, 0.1) is 17.2 Å². The first-order valence-electron chi connectivity index (χ1n) is 6.53. The highest BCUT2D eigenvalue weighted by Gasteiger charge is 2.23. The summed E-state index contributed by atoms with van der Waals surface area (Å²) in [6.45, 7) is 7.83. The lowest BCUT2D eigenvalue weighted by Gasteiger charge is -2.20. The quantitative estimate of drug-likeness (QED) is 0.881. The highest BCUT2D eigenvalue weighted by molar-refractivity contribution is 5.45. The Bertz CT molecular complexity index is 436. The molecular formula is C14H20N4. The molecule has 18 heavy (non-hydrogen) atoms. The van der Waals surface area contributed by atoms with E-state index in [-0.39, 0.29) is 0 Å². The van der Waals surface area contributed by atoms with Crippen molar-refractivity contribution < 1.29 is 0 Å². The van der Waals surface area contributed by atoms with Crippen molar-refractivity contribution >= 4 is 5.69 Å². The third-order valence-corrected chi connectivity index (χ3v) is 3.52. The molecule has 0 radical (unpaired) electrons. The van der Waals surface area contributed by atoms with Crippen LogP contribution in [-0.2, 0) is 0 Å². The van der Waals surface area contributed by atoms with Gasteiger partial charge in [0.25, 0.3) is 0 Å². The highest BCUT2D eigenvalue weighted by atomic mass is 15.2. The summed E-state index contributed by atoms with van der Waals surface area (Å²) in [5, 5.41) is 12.2. The number of hydrogen-bond donors (Lipinski definition) is 1. The van der Waals surface area contributed by atoms with Gasteiger partial charge in [-0.05, 0) is 44.9 Å². The van der Waals surface area contributed by atoms with Crippen LogP contribution in [0.5, 0.6) is 0 Å². The van der Waals surface area contributed by atoms with Gasteiger partial charge in [-0.2, -0.15) is 5.26 Å². The van der Waals surface area contributed by atoms with Crippen molar-refractivity contribution in [2.45, 2.75) is 26.3 Å². The number of anilines is 1. The van der Waals surface area contributed by atoms with Gasteiger partial charge in [-0.15, -0.1) is 0 Å². The van der Waals surface area contributed by atoms with Gasteiger partial charge in [0, 0.05) is 31.0 Å². The van der Waals surface area contributed by atoms with Gasteiger partial charge < -0.3 is 10.2 Å². The van der Waals surface area contributed by atoms with Crippen LogP contribution in [0.15, 0.2) is 18.3 Å². The van der Waals surface area contributed by atoms with Crippen LogP contribution in [0.4, 0.5) is 5.69 Å². The van der Waals surface area contributed by atoms with Gasteiger partial charge in [-0.25, -0.2) is 4.98 Å². The van der Waals surface area contributed by atoms with Crippen LogP contribution >= 0.6 is 0 Å². The van der Waals surface area contributed by atoms with Crippen LogP contribution in [0.1, 0.15) is 26.0 Å². The second-order valence-electron chi connectivity index (χ2n) is 5.17. The third-order valence-electron chi connectivity index (χ3n) is 3.52. The van der Waals surface area contributed by atoms with Crippen molar-refractivity contribution in [3.05, 3.63) is 24.0 Å². The third kappa shape index (κ3) is 3.21. The largest absolute Gasteiger partial charge is 0.385 e. The SMILES string of the molecule is CC(C)N1CCC(CNc2ccnc(C#N)c2)C1. The van der Waals surface area contributed by atoms with E-state index in [1.807, 2.05) is 6.07 Å². The molecule has 1 aromatic heterocycles. The van der Waals surface area contributed by atoms with E-state index < -0.39 is 0 Å². The van der Waals surface area contributed by atoms with Crippen LogP contribution in [0.3, 0.4) is 0 Å². The summed E-state index contributed by atoms with van der Waals surface area (Å²) in [6.07, 6.45) is 2.93. The van der Waals surface area contributed by atoms with Crippen molar-refractivity contribution in [1.82, 2.24) is 9.88 Å². The Labute approximate surface area is 109 Å². The number of nitriles is 1. The number of nitrogens with one attached hydrogen (secondary N) is 1. The first-order valence-corrected chi connectivity index (χ1v) is 6.53. The van der Waals surface area contributed by atoms with E-state index in [0.717, 1.165) is 12.2 Å². The lowest BCUT2D eigenvalue weighted by atomic mass is 10.1. The molecule has 1 aliphatic rings. The van der Waals surface area contributed by atoms with Crippen LogP contribution < -0.4 is 5.32 Å². The molecule has 2 heterocycles. The molecule has 1 N–H and O–H groups in total. The highest BCUT2D eigenvalue weighted by Crippen LogP contribution is 2.19. The van der Waals surface area contributed by atoms with E-state index in [9.17, 15) is 0 Å². The smallest absolute Gasteiger partial charge is 0.142 e. The zero-order chi connectivity index (χ0) is 13.0. The average Bonchev–Trinajstić information content (AvgIpc) is 2.85. The number of nitrogens with zero attached hydrogens (tertiary/aromatic N) is 3. The maximum absolute atomic E-state index is 8.79. The van der Waals surface area contributed by atoms with Crippen molar-refractivity contribution in [1.29, 1.82) is 5.26 Å².